The number of anilines is 1. The minimum absolute atomic E-state index is 0.126. The van der Waals surface area contributed by atoms with Crippen LogP contribution in [0.5, 0.6) is 11.6 Å². The summed E-state index contributed by atoms with van der Waals surface area (Å²) in [5.74, 6) is 1.44. The van der Waals surface area contributed by atoms with Gasteiger partial charge in [-0.3, -0.25) is 9.48 Å². The van der Waals surface area contributed by atoms with E-state index in [0.717, 1.165) is 16.7 Å². The van der Waals surface area contributed by atoms with Gasteiger partial charge in [0, 0.05) is 25.2 Å². The van der Waals surface area contributed by atoms with E-state index < -0.39 is 0 Å². The fraction of sp³-hybridized carbons (Fsp3) is 0.0769. The number of hydrogen-bond donors (Lipinski definition) is 1. The van der Waals surface area contributed by atoms with Crippen LogP contribution in [-0.2, 0) is 11.8 Å². The molecule has 162 valence electrons. The normalized spacial score (nSPS) is 10.8. The number of carbonyl (C=O) groups excluding carboxylic acids is 1. The van der Waals surface area contributed by atoms with E-state index in [9.17, 15) is 4.79 Å². The molecule has 0 saturated heterocycles. The fourth-order valence-electron chi connectivity index (χ4n) is 3.59. The van der Waals surface area contributed by atoms with Crippen molar-refractivity contribution >= 4 is 22.6 Å². The molecule has 0 aliphatic heterocycles. The van der Waals surface area contributed by atoms with E-state index in [0.29, 0.717) is 34.2 Å². The molecule has 7 heteroatoms. The third kappa shape index (κ3) is 4.29. The summed E-state index contributed by atoms with van der Waals surface area (Å²) in [6, 6.07) is 25.4. The Bertz CT molecular complexity index is 1440. The highest BCUT2D eigenvalue weighted by Gasteiger charge is 2.15. The average Bonchev–Trinajstić information content (AvgIpc) is 3.21. The zero-order valence-corrected chi connectivity index (χ0v) is 18.2. The van der Waals surface area contributed by atoms with Crippen LogP contribution in [0, 0.1) is 0 Å². The molecular weight excluding hydrogens is 414 g/mol. The lowest BCUT2D eigenvalue weighted by atomic mass is 10.0. The fourth-order valence-corrected chi connectivity index (χ4v) is 3.59. The van der Waals surface area contributed by atoms with E-state index in [-0.39, 0.29) is 5.91 Å². The molecule has 0 spiro atoms. The molecule has 0 radical (unpaired) electrons. The highest BCUT2D eigenvalue weighted by molar-refractivity contribution is 5.88. The lowest BCUT2D eigenvalue weighted by Crippen LogP contribution is -2.05. The van der Waals surface area contributed by atoms with E-state index in [1.807, 2.05) is 37.4 Å². The van der Waals surface area contributed by atoms with Crippen LogP contribution in [0.3, 0.4) is 0 Å². The minimum atomic E-state index is -0.126. The first kappa shape index (κ1) is 20.4. The molecule has 1 N–H and O–H groups in total. The molecule has 3 aromatic carbocycles. The molecule has 0 fully saturated rings. The van der Waals surface area contributed by atoms with Crippen LogP contribution >= 0.6 is 0 Å². The van der Waals surface area contributed by atoms with Crippen LogP contribution in [0.2, 0.25) is 0 Å². The summed E-state index contributed by atoms with van der Waals surface area (Å²) in [6.45, 7) is 1.47. The van der Waals surface area contributed by atoms with Gasteiger partial charge in [-0.25, -0.2) is 4.98 Å². The third-order valence-corrected chi connectivity index (χ3v) is 5.17. The SMILES string of the molecule is CC(=O)Nc1ccc(Oc2nc(-c3cccc(-c4ccccc4)c3)nc3c2cnn3C)cc1. The summed E-state index contributed by atoms with van der Waals surface area (Å²) < 4.78 is 7.83. The molecule has 1 amide bonds. The van der Waals surface area contributed by atoms with Crippen molar-refractivity contribution in [2.75, 3.05) is 5.32 Å². The second kappa shape index (κ2) is 8.55. The lowest BCUT2D eigenvalue weighted by molar-refractivity contribution is -0.114. The van der Waals surface area contributed by atoms with Gasteiger partial charge in [0.05, 0.1) is 6.20 Å². The molecule has 2 aromatic heterocycles. The van der Waals surface area contributed by atoms with Crippen molar-refractivity contribution in [1.82, 2.24) is 19.7 Å². The number of nitrogens with zero attached hydrogens (tertiary/aromatic N) is 4. The molecule has 0 aliphatic rings. The number of nitrogens with one attached hydrogen (secondary N) is 1. The zero-order chi connectivity index (χ0) is 22.8. The molecule has 5 aromatic rings. The van der Waals surface area contributed by atoms with E-state index >= 15 is 0 Å². The van der Waals surface area contributed by atoms with Crippen LogP contribution < -0.4 is 10.1 Å². The van der Waals surface area contributed by atoms with Gasteiger partial charge in [0.1, 0.15) is 11.1 Å². The van der Waals surface area contributed by atoms with Crippen LogP contribution in [0.15, 0.2) is 85.1 Å². The maximum atomic E-state index is 11.3. The first-order valence-corrected chi connectivity index (χ1v) is 10.5. The van der Waals surface area contributed by atoms with Gasteiger partial charge in [-0.15, -0.1) is 0 Å². The first-order chi connectivity index (χ1) is 16.1. The quantitative estimate of drug-likeness (QED) is 0.397. The standard InChI is InChI=1S/C26H21N5O2/c1-17(32)28-21-11-13-22(14-12-21)33-26-23-16-27-31(2)25(23)29-24(30-26)20-10-6-9-19(15-20)18-7-4-3-5-8-18/h3-16H,1-2H3,(H,28,32). The number of hydrogen-bond acceptors (Lipinski definition) is 5. The Morgan fingerprint density at radius 3 is 2.36 bits per heavy atom. The Balaban J connectivity index is 1.54. The molecule has 0 unspecified atom stereocenters. The third-order valence-electron chi connectivity index (χ3n) is 5.17. The highest BCUT2D eigenvalue weighted by Crippen LogP contribution is 2.31. The van der Waals surface area contributed by atoms with Gasteiger partial charge >= 0.3 is 0 Å². The Morgan fingerprint density at radius 1 is 0.879 bits per heavy atom. The van der Waals surface area contributed by atoms with E-state index in [1.54, 1.807) is 35.1 Å². The van der Waals surface area contributed by atoms with Gasteiger partial charge in [-0.1, -0.05) is 48.5 Å². The van der Waals surface area contributed by atoms with E-state index in [1.165, 1.54) is 6.92 Å². The lowest BCUT2D eigenvalue weighted by Gasteiger charge is -2.10. The van der Waals surface area contributed by atoms with Gasteiger partial charge in [-0.2, -0.15) is 10.1 Å². The number of fused-ring (bicyclic) bond motifs is 1. The summed E-state index contributed by atoms with van der Waals surface area (Å²) >= 11 is 0. The van der Waals surface area contributed by atoms with E-state index in [2.05, 4.69) is 34.7 Å². The van der Waals surface area contributed by atoms with Gasteiger partial charge in [0.2, 0.25) is 11.8 Å². The van der Waals surface area contributed by atoms with Crippen molar-refractivity contribution in [3.8, 4) is 34.1 Å². The van der Waals surface area contributed by atoms with Crippen LogP contribution in [0.4, 0.5) is 5.69 Å². The number of aryl methyl sites for hydroxylation is 1. The maximum absolute atomic E-state index is 11.3. The topological polar surface area (TPSA) is 81.9 Å². The molecule has 0 bridgehead atoms. The first-order valence-electron chi connectivity index (χ1n) is 10.5. The summed E-state index contributed by atoms with van der Waals surface area (Å²) in [4.78, 5) is 20.7. The average molecular weight is 435 g/mol. The summed E-state index contributed by atoms with van der Waals surface area (Å²) in [6.07, 6.45) is 1.69. The Labute approximate surface area is 190 Å². The Hall–Kier alpha value is -4.52. The van der Waals surface area contributed by atoms with Crippen molar-refractivity contribution in [3.05, 3.63) is 85.1 Å². The van der Waals surface area contributed by atoms with Crippen molar-refractivity contribution in [3.63, 3.8) is 0 Å². The predicted molar refractivity (Wildman–Crippen MR) is 128 cm³/mol. The molecule has 7 nitrogen and oxygen atoms in total. The van der Waals surface area contributed by atoms with Crippen molar-refractivity contribution in [1.29, 1.82) is 0 Å². The number of carbonyl (C=O) groups is 1. The van der Waals surface area contributed by atoms with Crippen LogP contribution in [0.1, 0.15) is 6.92 Å². The number of amides is 1. The molecule has 0 atom stereocenters. The van der Waals surface area contributed by atoms with Crippen LogP contribution in [-0.4, -0.2) is 25.7 Å². The largest absolute Gasteiger partial charge is 0.438 e. The van der Waals surface area contributed by atoms with Crippen LogP contribution in [0.25, 0.3) is 33.5 Å². The molecule has 0 saturated carbocycles. The second-order valence-corrected chi connectivity index (χ2v) is 7.61. The summed E-state index contributed by atoms with van der Waals surface area (Å²) in [5.41, 5.74) is 4.46. The summed E-state index contributed by atoms with van der Waals surface area (Å²) in [5, 5.41) is 7.79. The minimum Gasteiger partial charge on any atom is -0.438 e. The number of ether oxygens (including phenoxy) is 1. The van der Waals surface area contributed by atoms with Gasteiger partial charge in [0.25, 0.3) is 0 Å². The summed E-state index contributed by atoms with van der Waals surface area (Å²) in [7, 11) is 1.84. The van der Waals surface area contributed by atoms with Crippen molar-refractivity contribution < 1.29 is 9.53 Å². The maximum Gasteiger partial charge on any atom is 0.234 e. The number of benzene rings is 3. The predicted octanol–water partition coefficient (Wildman–Crippen LogP) is 5.45. The molecule has 33 heavy (non-hydrogen) atoms. The molecule has 2 heterocycles. The smallest absolute Gasteiger partial charge is 0.234 e. The highest BCUT2D eigenvalue weighted by atomic mass is 16.5. The number of rotatable bonds is 5. The monoisotopic (exact) mass is 435 g/mol. The van der Waals surface area contributed by atoms with E-state index in [4.69, 9.17) is 14.7 Å². The van der Waals surface area contributed by atoms with Gasteiger partial charge in [0.15, 0.2) is 11.5 Å². The van der Waals surface area contributed by atoms with Gasteiger partial charge < -0.3 is 10.1 Å². The molecule has 5 rings (SSSR count). The van der Waals surface area contributed by atoms with Crippen molar-refractivity contribution in [2.45, 2.75) is 6.92 Å². The molecular formula is C26H21N5O2. The second-order valence-electron chi connectivity index (χ2n) is 7.61. The van der Waals surface area contributed by atoms with Gasteiger partial charge in [-0.05, 0) is 41.5 Å². The zero-order valence-electron chi connectivity index (χ0n) is 18.2. The molecule has 0 aliphatic carbocycles. The number of aromatic nitrogens is 4. The Kier molecular flexibility index (Phi) is 5.28. The Morgan fingerprint density at radius 2 is 1.61 bits per heavy atom. The van der Waals surface area contributed by atoms with Crippen molar-refractivity contribution in [2.24, 2.45) is 7.05 Å².